The van der Waals surface area contributed by atoms with Crippen molar-refractivity contribution < 1.29 is 14.3 Å². The molecule has 2 N–H and O–H groups in total. The first-order valence-corrected chi connectivity index (χ1v) is 10.6. The van der Waals surface area contributed by atoms with E-state index in [0.717, 1.165) is 37.1 Å². The Morgan fingerprint density at radius 1 is 1.21 bits per heavy atom. The van der Waals surface area contributed by atoms with Crippen molar-refractivity contribution in [3.63, 3.8) is 0 Å². The number of hydrogen-bond acceptors (Lipinski definition) is 3. The second-order valence-electron chi connectivity index (χ2n) is 8.54. The summed E-state index contributed by atoms with van der Waals surface area (Å²) in [5.74, 6) is 0.612. The monoisotopic (exact) mass is 385 g/mol. The maximum absolute atomic E-state index is 13.0. The average molecular weight is 386 g/mol. The molecule has 6 heteroatoms. The fourth-order valence-electron chi connectivity index (χ4n) is 4.60. The third-order valence-corrected chi connectivity index (χ3v) is 6.64. The third-order valence-electron chi connectivity index (χ3n) is 6.64. The summed E-state index contributed by atoms with van der Waals surface area (Å²) in [5.41, 5.74) is 1.82. The molecule has 1 atom stereocenters. The molecule has 2 aliphatic heterocycles. The molecule has 1 spiro atoms. The summed E-state index contributed by atoms with van der Waals surface area (Å²) in [7, 11) is 0. The molecule has 6 nitrogen and oxygen atoms in total. The van der Waals surface area contributed by atoms with Crippen molar-refractivity contribution in [3.8, 4) is 0 Å². The summed E-state index contributed by atoms with van der Waals surface area (Å²) in [6.07, 6.45) is 4.97. The van der Waals surface area contributed by atoms with Gasteiger partial charge in [0.1, 0.15) is 0 Å². The van der Waals surface area contributed by atoms with Gasteiger partial charge in [0.15, 0.2) is 0 Å². The van der Waals surface area contributed by atoms with Crippen molar-refractivity contribution >= 4 is 17.6 Å². The number of benzene rings is 1. The molecule has 4 rings (SSSR count). The number of para-hydroxylation sites is 1. The first-order chi connectivity index (χ1) is 13.6. The lowest BCUT2D eigenvalue weighted by molar-refractivity contribution is -0.129. The van der Waals surface area contributed by atoms with Crippen LogP contribution in [0.1, 0.15) is 38.2 Å². The lowest BCUT2D eigenvalue weighted by Crippen LogP contribution is -2.44. The van der Waals surface area contributed by atoms with Gasteiger partial charge in [-0.3, -0.25) is 4.79 Å². The Morgan fingerprint density at radius 2 is 1.96 bits per heavy atom. The van der Waals surface area contributed by atoms with Gasteiger partial charge in [0, 0.05) is 44.0 Å². The van der Waals surface area contributed by atoms with Crippen LogP contribution in [0.3, 0.4) is 0 Å². The van der Waals surface area contributed by atoms with Crippen molar-refractivity contribution in [2.24, 2.45) is 17.3 Å². The van der Waals surface area contributed by atoms with Gasteiger partial charge in [-0.15, -0.1) is 0 Å². The highest BCUT2D eigenvalue weighted by atomic mass is 16.5. The lowest BCUT2D eigenvalue weighted by Gasteiger charge is -2.37. The fourth-order valence-corrected chi connectivity index (χ4v) is 4.60. The average Bonchev–Trinajstić information content (AvgIpc) is 3.48. The first kappa shape index (κ1) is 19.2. The second-order valence-corrected chi connectivity index (χ2v) is 8.54. The van der Waals surface area contributed by atoms with E-state index in [9.17, 15) is 9.59 Å². The van der Waals surface area contributed by atoms with Crippen LogP contribution in [0.2, 0.25) is 0 Å². The van der Waals surface area contributed by atoms with Gasteiger partial charge in [-0.25, -0.2) is 4.79 Å². The number of carbonyl (C=O) groups is 2. The zero-order chi connectivity index (χ0) is 19.6. The molecule has 2 heterocycles. The number of nitrogens with one attached hydrogen (secondary N) is 2. The van der Waals surface area contributed by atoms with E-state index in [4.69, 9.17) is 4.74 Å². The van der Waals surface area contributed by atoms with Crippen molar-refractivity contribution in [2.45, 2.75) is 39.0 Å². The number of rotatable bonds is 5. The fraction of sp³-hybridized carbons (Fsp3) is 0.636. The first-order valence-electron chi connectivity index (χ1n) is 10.6. The van der Waals surface area contributed by atoms with Crippen LogP contribution in [0, 0.1) is 17.3 Å². The molecule has 3 aliphatic rings. The molecule has 1 unspecified atom stereocenters. The Labute approximate surface area is 167 Å². The molecule has 28 heavy (non-hydrogen) atoms. The number of hydrogen-bond donors (Lipinski definition) is 2. The molecule has 2 saturated heterocycles. The Kier molecular flexibility index (Phi) is 5.58. The number of anilines is 1. The van der Waals surface area contributed by atoms with Gasteiger partial charge in [0.2, 0.25) is 5.91 Å². The van der Waals surface area contributed by atoms with Crippen LogP contribution in [-0.2, 0) is 16.0 Å². The molecule has 0 aromatic heterocycles. The normalized spacial score (nSPS) is 23.6. The van der Waals surface area contributed by atoms with Crippen molar-refractivity contribution in [1.29, 1.82) is 0 Å². The van der Waals surface area contributed by atoms with Gasteiger partial charge in [0.05, 0.1) is 5.92 Å². The summed E-state index contributed by atoms with van der Waals surface area (Å²) >= 11 is 0. The van der Waals surface area contributed by atoms with Crippen LogP contribution >= 0.6 is 0 Å². The van der Waals surface area contributed by atoms with Gasteiger partial charge in [-0.1, -0.05) is 25.1 Å². The minimum absolute atomic E-state index is 0.107. The second kappa shape index (κ2) is 8.11. The minimum Gasteiger partial charge on any atom is -0.381 e. The lowest BCUT2D eigenvalue weighted by atomic mass is 9.72. The highest BCUT2D eigenvalue weighted by Gasteiger charge is 2.51. The van der Waals surface area contributed by atoms with E-state index in [1.165, 1.54) is 12.8 Å². The van der Waals surface area contributed by atoms with Crippen LogP contribution in [0.25, 0.3) is 0 Å². The third kappa shape index (κ3) is 4.02. The molecule has 0 bridgehead atoms. The van der Waals surface area contributed by atoms with Crippen LogP contribution < -0.4 is 10.6 Å². The quantitative estimate of drug-likeness (QED) is 0.818. The predicted octanol–water partition coefficient (Wildman–Crippen LogP) is 3.04. The van der Waals surface area contributed by atoms with Crippen LogP contribution in [0.15, 0.2) is 24.3 Å². The SMILES string of the molecule is CCc1ccccc1NC(=O)N1CC(C(=O)NCC2CC2)C2(CCOCC2)C1. The van der Waals surface area contributed by atoms with E-state index in [-0.39, 0.29) is 23.3 Å². The number of urea groups is 1. The van der Waals surface area contributed by atoms with Crippen LogP contribution in [-0.4, -0.2) is 49.7 Å². The minimum atomic E-state index is -0.159. The summed E-state index contributed by atoms with van der Waals surface area (Å²) in [6.45, 7) is 5.30. The topological polar surface area (TPSA) is 70.7 Å². The summed E-state index contributed by atoms with van der Waals surface area (Å²) in [6, 6.07) is 7.79. The number of likely N-dealkylation sites (tertiary alicyclic amines) is 1. The zero-order valence-electron chi connectivity index (χ0n) is 16.7. The maximum Gasteiger partial charge on any atom is 0.321 e. The molecule has 3 fully saturated rings. The van der Waals surface area contributed by atoms with E-state index in [1.54, 1.807) is 0 Å². The zero-order valence-corrected chi connectivity index (χ0v) is 16.7. The molecular weight excluding hydrogens is 354 g/mol. The van der Waals surface area contributed by atoms with E-state index in [0.29, 0.717) is 32.2 Å². The Bertz CT molecular complexity index is 725. The van der Waals surface area contributed by atoms with Gasteiger partial charge in [0.25, 0.3) is 0 Å². The van der Waals surface area contributed by atoms with E-state index >= 15 is 0 Å². The molecular formula is C22H31N3O3. The van der Waals surface area contributed by atoms with E-state index in [2.05, 4.69) is 17.6 Å². The van der Waals surface area contributed by atoms with E-state index in [1.807, 2.05) is 29.2 Å². The molecule has 3 amide bonds. The van der Waals surface area contributed by atoms with Gasteiger partial charge in [-0.2, -0.15) is 0 Å². The van der Waals surface area contributed by atoms with Crippen molar-refractivity contribution in [1.82, 2.24) is 10.2 Å². The maximum atomic E-state index is 13.0. The summed E-state index contributed by atoms with van der Waals surface area (Å²) < 4.78 is 5.56. The summed E-state index contributed by atoms with van der Waals surface area (Å²) in [4.78, 5) is 27.8. The molecule has 152 valence electrons. The van der Waals surface area contributed by atoms with Crippen molar-refractivity contribution in [2.75, 3.05) is 38.2 Å². The van der Waals surface area contributed by atoms with Crippen molar-refractivity contribution in [3.05, 3.63) is 29.8 Å². The van der Waals surface area contributed by atoms with Crippen LogP contribution in [0.4, 0.5) is 10.5 Å². The number of amides is 3. The number of carbonyl (C=O) groups excluding carboxylic acids is 2. The largest absolute Gasteiger partial charge is 0.381 e. The molecule has 1 saturated carbocycles. The van der Waals surface area contributed by atoms with E-state index < -0.39 is 0 Å². The Morgan fingerprint density at radius 3 is 2.68 bits per heavy atom. The van der Waals surface area contributed by atoms with Gasteiger partial charge < -0.3 is 20.3 Å². The van der Waals surface area contributed by atoms with Gasteiger partial charge in [-0.05, 0) is 49.7 Å². The molecule has 1 aromatic rings. The Balaban J connectivity index is 1.47. The van der Waals surface area contributed by atoms with Gasteiger partial charge >= 0.3 is 6.03 Å². The number of aryl methyl sites for hydroxylation is 1. The predicted molar refractivity (Wildman–Crippen MR) is 108 cm³/mol. The highest BCUT2D eigenvalue weighted by molar-refractivity contribution is 5.91. The standard InChI is InChI=1S/C22H31N3O3/c1-2-17-5-3-4-6-19(17)24-21(27)25-14-18(20(26)23-13-16-7-8-16)22(15-25)9-11-28-12-10-22/h3-6,16,18H,2,7-15H2,1H3,(H,23,26)(H,24,27). The molecule has 1 aliphatic carbocycles. The smallest absolute Gasteiger partial charge is 0.321 e. The highest BCUT2D eigenvalue weighted by Crippen LogP contribution is 2.44. The van der Waals surface area contributed by atoms with Crippen LogP contribution in [0.5, 0.6) is 0 Å². The molecule has 0 radical (unpaired) electrons. The molecule has 1 aromatic carbocycles. The Hall–Kier alpha value is -2.08. The summed E-state index contributed by atoms with van der Waals surface area (Å²) in [5, 5.41) is 6.22. The number of nitrogens with zero attached hydrogens (tertiary/aromatic N) is 1. The number of ether oxygens (including phenoxy) is 1.